The van der Waals surface area contributed by atoms with Gasteiger partial charge in [-0.3, -0.25) is 4.79 Å². The van der Waals surface area contributed by atoms with Crippen LogP contribution in [-0.4, -0.2) is 67.9 Å². The van der Waals surface area contributed by atoms with E-state index < -0.39 is 0 Å². The number of likely N-dealkylation sites (N-methyl/N-ethyl adjacent to an activating group) is 1. The largest absolute Gasteiger partial charge is 0.383 e. The highest BCUT2D eigenvalue weighted by molar-refractivity contribution is 7.17. The lowest BCUT2D eigenvalue weighted by molar-refractivity contribution is 0.0946. The van der Waals surface area contributed by atoms with Gasteiger partial charge in [-0.2, -0.15) is 0 Å². The lowest BCUT2D eigenvalue weighted by Crippen LogP contribution is -2.34. The molecular formula is C11H21N5O2S. The second kappa shape index (κ2) is 8.78. The van der Waals surface area contributed by atoms with Crippen LogP contribution in [0.3, 0.4) is 0 Å². The van der Waals surface area contributed by atoms with Gasteiger partial charge in [-0.25, -0.2) is 0 Å². The molecule has 19 heavy (non-hydrogen) atoms. The minimum Gasteiger partial charge on any atom is -0.383 e. The quantitative estimate of drug-likeness (QED) is 0.679. The second-order valence-corrected chi connectivity index (χ2v) is 4.97. The van der Waals surface area contributed by atoms with Crippen LogP contribution in [0.2, 0.25) is 0 Å². The van der Waals surface area contributed by atoms with Crippen molar-refractivity contribution in [3.63, 3.8) is 0 Å². The van der Waals surface area contributed by atoms with Crippen LogP contribution in [0.1, 0.15) is 16.7 Å². The number of rotatable bonds is 9. The fourth-order valence-electron chi connectivity index (χ4n) is 1.33. The van der Waals surface area contributed by atoms with E-state index in [2.05, 4.69) is 25.7 Å². The smallest absolute Gasteiger partial charge is 0.282 e. The Bertz CT molecular complexity index is 385. The van der Waals surface area contributed by atoms with Gasteiger partial charge in [0.05, 0.1) is 6.61 Å². The second-order valence-electron chi connectivity index (χ2n) is 3.99. The number of nitrogens with one attached hydrogen (secondary N) is 2. The van der Waals surface area contributed by atoms with E-state index in [4.69, 9.17) is 4.74 Å². The van der Waals surface area contributed by atoms with Gasteiger partial charge in [0.15, 0.2) is 0 Å². The van der Waals surface area contributed by atoms with Crippen molar-refractivity contribution < 1.29 is 9.53 Å². The van der Waals surface area contributed by atoms with Gasteiger partial charge in [-0.05, 0) is 14.0 Å². The number of ether oxygens (including phenoxy) is 1. The fourth-order valence-corrected chi connectivity index (χ4v) is 2.06. The highest BCUT2D eigenvalue weighted by Crippen LogP contribution is 2.14. The highest BCUT2D eigenvalue weighted by atomic mass is 32.1. The van der Waals surface area contributed by atoms with Crippen LogP contribution in [0, 0.1) is 0 Å². The number of anilines is 1. The molecule has 0 unspecified atom stereocenters. The summed E-state index contributed by atoms with van der Waals surface area (Å²) in [7, 11) is 3.66. The Balaban J connectivity index is 2.26. The summed E-state index contributed by atoms with van der Waals surface area (Å²) in [4.78, 5) is 13.9. The molecule has 0 aromatic carbocycles. The number of nitrogens with zero attached hydrogens (tertiary/aromatic N) is 3. The average molecular weight is 287 g/mol. The molecule has 0 saturated heterocycles. The van der Waals surface area contributed by atoms with Crippen molar-refractivity contribution in [1.29, 1.82) is 0 Å². The summed E-state index contributed by atoms with van der Waals surface area (Å²) in [5, 5.41) is 14.6. The SMILES string of the molecule is CCNc1nnc(C(=O)NCCN(C)CCOC)s1. The standard InChI is InChI=1S/C11H21N5O2S/c1-4-12-11-15-14-10(19-11)9(17)13-5-6-16(2)7-8-18-3/h4-8H2,1-3H3,(H,12,15)(H,13,17). The van der Waals surface area contributed by atoms with Gasteiger partial charge in [0, 0.05) is 33.3 Å². The van der Waals surface area contributed by atoms with Crippen LogP contribution in [-0.2, 0) is 4.74 Å². The molecule has 0 aliphatic heterocycles. The van der Waals surface area contributed by atoms with Gasteiger partial charge in [0.2, 0.25) is 10.1 Å². The minimum absolute atomic E-state index is 0.179. The van der Waals surface area contributed by atoms with Crippen molar-refractivity contribution >= 4 is 22.4 Å². The molecule has 1 rings (SSSR count). The molecule has 8 heteroatoms. The van der Waals surface area contributed by atoms with Crippen LogP contribution in [0.25, 0.3) is 0 Å². The van der Waals surface area contributed by atoms with Crippen molar-refractivity contribution in [2.24, 2.45) is 0 Å². The lowest BCUT2D eigenvalue weighted by Gasteiger charge is -2.15. The van der Waals surface area contributed by atoms with Crippen LogP contribution in [0.15, 0.2) is 0 Å². The molecule has 0 aliphatic rings. The Morgan fingerprint density at radius 1 is 1.42 bits per heavy atom. The number of hydrogen-bond donors (Lipinski definition) is 2. The van der Waals surface area contributed by atoms with Gasteiger partial charge in [0.1, 0.15) is 0 Å². The molecule has 0 fully saturated rings. The number of amides is 1. The van der Waals surface area contributed by atoms with E-state index in [0.717, 1.165) is 19.6 Å². The summed E-state index contributed by atoms with van der Waals surface area (Å²) >= 11 is 1.26. The third-order valence-electron chi connectivity index (χ3n) is 2.40. The van der Waals surface area contributed by atoms with E-state index >= 15 is 0 Å². The predicted molar refractivity (Wildman–Crippen MR) is 75.8 cm³/mol. The summed E-state index contributed by atoms with van der Waals surface area (Å²) in [5.41, 5.74) is 0. The monoisotopic (exact) mass is 287 g/mol. The molecule has 1 aromatic rings. The Morgan fingerprint density at radius 2 is 2.21 bits per heavy atom. The molecule has 1 heterocycles. The molecule has 0 bridgehead atoms. The molecule has 2 N–H and O–H groups in total. The van der Waals surface area contributed by atoms with Crippen molar-refractivity contribution in [3.05, 3.63) is 5.01 Å². The van der Waals surface area contributed by atoms with Crippen LogP contribution < -0.4 is 10.6 Å². The van der Waals surface area contributed by atoms with E-state index in [9.17, 15) is 4.79 Å². The molecule has 1 amide bonds. The first-order valence-corrected chi connectivity index (χ1v) is 7.02. The average Bonchev–Trinajstić information content (AvgIpc) is 2.85. The van der Waals surface area contributed by atoms with Gasteiger partial charge >= 0.3 is 0 Å². The Labute approximate surface area is 117 Å². The topological polar surface area (TPSA) is 79.4 Å². The molecule has 1 aromatic heterocycles. The molecular weight excluding hydrogens is 266 g/mol. The zero-order chi connectivity index (χ0) is 14.1. The lowest BCUT2D eigenvalue weighted by atomic mass is 10.5. The molecule has 7 nitrogen and oxygen atoms in total. The maximum absolute atomic E-state index is 11.8. The van der Waals surface area contributed by atoms with E-state index in [-0.39, 0.29) is 5.91 Å². The minimum atomic E-state index is -0.179. The van der Waals surface area contributed by atoms with E-state index in [1.54, 1.807) is 7.11 Å². The van der Waals surface area contributed by atoms with Gasteiger partial charge in [-0.1, -0.05) is 11.3 Å². The maximum atomic E-state index is 11.8. The van der Waals surface area contributed by atoms with Gasteiger partial charge < -0.3 is 20.3 Å². The summed E-state index contributed by atoms with van der Waals surface area (Å²) < 4.78 is 4.98. The zero-order valence-electron chi connectivity index (χ0n) is 11.6. The summed E-state index contributed by atoms with van der Waals surface area (Å²) in [6, 6.07) is 0. The molecule has 0 aliphatic carbocycles. The van der Waals surface area contributed by atoms with Crippen molar-refractivity contribution in [2.75, 3.05) is 52.3 Å². The van der Waals surface area contributed by atoms with E-state index in [1.165, 1.54) is 11.3 Å². The number of carbonyl (C=O) groups excluding carboxylic acids is 1. The Kier molecular flexibility index (Phi) is 7.31. The molecule has 0 atom stereocenters. The molecule has 108 valence electrons. The third kappa shape index (κ3) is 5.95. The Morgan fingerprint density at radius 3 is 2.89 bits per heavy atom. The van der Waals surface area contributed by atoms with Crippen molar-refractivity contribution in [3.8, 4) is 0 Å². The Hall–Kier alpha value is -1.25. The van der Waals surface area contributed by atoms with Crippen molar-refractivity contribution in [2.45, 2.75) is 6.92 Å². The van der Waals surface area contributed by atoms with Crippen LogP contribution in [0.4, 0.5) is 5.13 Å². The van der Waals surface area contributed by atoms with Crippen LogP contribution >= 0.6 is 11.3 Å². The van der Waals surface area contributed by atoms with Gasteiger partial charge in [-0.15, -0.1) is 10.2 Å². The molecule has 0 radical (unpaired) electrons. The number of aromatic nitrogens is 2. The highest BCUT2D eigenvalue weighted by Gasteiger charge is 2.11. The first kappa shape index (κ1) is 15.8. The first-order valence-electron chi connectivity index (χ1n) is 6.20. The van der Waals surface area contributed by atoms with Crippen molar-refractivity contribution in [1.82, 2.24) is 20.4 Å². The van der Waals surface area contributed by atoms with Gasteiger partial charge in [0.25, 0.3) is 5.91 Å². The number of carbonyl (C=O) groups is 1. The summed E-state index contributed by atoms with van der Waals surface area (Å²) in [6.07, 6.45) is 0. The van der Waals surface area contributed by atoms with Crippen LogP contribution in [0.5, 0.6) is 0 Å². The predicted octanol–water partition coefficient (Wildman–Crippen LogP) is 0.278. The van der Waals surface area contributed by atoms with E-state index in [0.29, 0.717) is 23.3 Å². The normalized spacial score (nSPS) is 10.7. The number of methoxy groups -OCH3 is 1. The number of hydrogen-bond acceptors (Lipinski definition) is 7. The molecule has 0 saturated carbocycles. The third-order valence-corrected chi connectivity index (χ3v) is 3.28. The summed E-state index contributed by atoms with van der Waals surface area (Å²) in [6.45, 7) is 5.61. The maximum Gasteiger partial charge on any atom is 0.282 e. The molecule has 0 spiro atoms. The summed E-state index contributed by atoms with van der Waals surface area (Å²) in [5.74, 6) is -0.179. The van der Waals surface area contributed by atoms with E-state index in [1.807, 2.05) is 14.0 Å². The fraction of sp³-hybridized carbons (Fsp3) is 0.727. The zero-order valence-corrected chi connectivity index (χ0v) is 12.4. The first-order chi connectivity index (χ1) is 9.17.